The summed E-state index contributed by atoms with van der Waals surface area (Å²) in [4.78, 5) is 54.3. The van der Waals surface area contributed by atoms with E-state index in [0.717, 1.165) is 18.2 Å². The number of halogens is 2. The van der Waals surface area contributed by atoms with Crippen LogP contribution in [0.25, 0.3) is 0 Å². The molecule has 9 nitrogen and oxygen atoms in total. The lowest BCUT2D eigenvalue weighted by Crippen LogP contribution is -2.42. The molecule has 11 heteroatoms. The Morgan fingerprint density at radius 2 is 1.77 bits per heavy atom. The second kappa shape index (κ2) is 9.85. The number of rotatable bonds is 4. The minimum Gasteiger partial charge on any atom is -0.496 e. The number of fused-ring (bicyclic) bond motifs is 1. The molecule has 2 aliphatic rings. The molecule has 0 unspecified atom stereocenters. The summed E-state index contributed by atoms with van der Waals surface area (Å²) < 4.78 is 39.4. The minimum atomic E-state index is -0.851. The highest BCUT2D eigenvalue weighted by Gasteiger charge is 2.38. The summed E-state index contributed by atoms with van der Waals surface area (Å²) in [5.74, 6) is -3.24. The lowest BCUT2D eigenvalue weighted by molar-refractivity contribution is -0.145. The number of amides is 2. The van der Waals surface area contributed by atoms with Gasteiger partial charge in [0.15, 0.2) is 0 Å². The standard InChI is InChI=1S/C24H25F2N3O6/c1-34-19-13-20(30)28-11-10-27(22(31)15-12-14(25)5-6-16(15)26)9-7-17(28)21(19)23(32)29-8-3-4-18(29)24(33)35-2/h5-6,12-13,18H,3-4,7-11H2,1-2H3/t18-/m0/s1. The number of likely N-dealkylation sites (tertiary alicyclic amines) is 1. The second-order valence-corrected chi connectivity index (χ2v) is 8.37. The number of hydrogen-bond donors (Lipinski definition) is 0. The first kappa shape index (κ1) is 24.4. The Kier molecular flexibility index (Phi) is 6.86. The topological polar surface area (TPSA) is 98.2 Å². The van der Waals surface area contributed by atoms with Crippen LogP contribution in [0.15, 0.2) is 29.1 Å². The first-order chi connectivity index (χ1) is 16.8. The monoisotopic (exact) mass is 489 g/mol. The van der Waals surface area contributed by atoms with Gasteiger partial charge in [-0.1, -0.05) is 0 Å². The Morgan fingerprint density at radius 3 is 2.49 bits per heavy atom. The number of hydrogen-bond acceptors (Lipinski definition) is 6. The van der Waals surface area contributed by atoms with Crippen molar-refractivity contribution in [2.75, 3.05) is 33.9 Å². The van der Waals surface area contributed by atoms with Crippen molar-refractivity contribution in [2.24, 2.45) is 0 Å². The van der Waals surface area contributed by atoms with Gasteiger partial charge in [0.25, 0.3) is 17.4 Å². The molecule has 0 N–H and O–H groups in total. The van der Waals surface area contributed by atoms with Gasteiger partial charge in [-0.05, 0) is 31.0 Å². The predicted octanol–water partition coefficient (Wildman–Crippen LogP) is 1.61. The summed E-state index contributed by atoms with van der Waals surface area (Å²) >= 11 is 0. The molecule has 2 aromatic rings. The molecule has 0 spiro atoms. The Balaban J connectivity index is 1.69. The van der Waals surface area contributed by atoms with Gasteiger partial charge in [-0.25, -0.2) is 13.6 Å². The Hall–Kier alpha value is -3.76. The summed E-state index contributed by atoms with van der Waals surface area (Å²) in [6, 6.07) is 3.09. The largest absolute Gasteiger partial charge is 0.496 e. The average molecular weight is 489 g/mol. The van der Waals surface area contributed by atoms with Gasteiger partial charge in [-0.15, -0.1) is 0 Å². The molecule has 2 amide bonds. The highest BCUT2D eigenvalue weighted by molar-refractivity contribution is 6.00. The molecule has 186 valence electrons. The number of benzene rings is 1. The fourth-order valence-corrected chi connectivity index (χ4v) is 4.71. The van der Waals surface area contributed by atoms with E-state index in [1.54, 1.807) is 0 Å². The molecule has 2 aliphatic heterocycles. The van der Waals surface area contributed by atoms with Crippen molar-refractivity contribution in [3.05, 3.63) is 63.1 Å². The molecule has 0 aliphatic carbocycles. The molecule has 0 radical (unpaired) electrons. The maximum Gasteiger partial charge on any atom is 0.328 e. The van der Waals surface area contributed by atoms with Crippen LogP contribution in [0.2, 0.25) is 0 Å². The van der Waals surface area contributed by atoms with E-state index in [4.69, 9.17) is 9.47 Å². The molecule has 4 rings (SSSR count). The van der Waals surface area contributed by atoms with E-state index in [1.807, 2.05) is 0 Å². The summed E-state index contributed by atoms with van der Waals surface area (Å²) in [6.07, 6.45) is 1.16. The molecule has 1 aromatic carbocycles. The van der Waals surface area contributed by atoms with Crippen LogP contribution in [-0.4, -0.2) is 72.0 Å². The zero-order valence-corrected chi connectivity index (χ0v) is 19.4. The fraction of sp³-hybridized carbons (Fsp3) is 0.417. The van der Waals surface area contributed by atoms with E-state index in [2.05, 4.69) is 0 Å². The highest BCUT2D eigenvalue weighted by Crippen LogP contribution is 2.29. The van der Waals surface area contributed by atoms with Crippen LogP contribution in [0.1, 0.15) is 39.3 Å². The van der Waals surface area contributed by atoms with Gasteiger partial charge in [0, 0.05) is 44.4 Å². The number of carbonyl (C=O) groups excluding carboxylic acids is 3. The molecule has 1 saturated heterocycles. The maximum absolute atomic E-state index is 14.2. The smallest absolute Gasteiger partial charge is 0.328 e. The predicted molar refractivity (Wildman–Crippen MR) is 119 cm³/mol. The second-order valence-electron chi connectivity index (χ2n) is 8.37. The molecular formula is C24H25F2N3O6. The minimum absolute atomic E-state index is 0.0432. The first-order valence-electron chi connectivity index (χ1n) is 11.2. The Morgan fingerprint density at radius 1 is 1.00 bits per heavy atom. The number of esters is 1. The van der Waals surface area contributed by atoms with E-state index in [1.165, 1.54) is 34.7 Å². The van der Waals surface area contributed by atoms with Crippen LogP contribution in [0.5, 0.6) is 5.75 Å². The molecule has 1 aromatic heterocycles. The Labute approximate surface area is 199 Å². The fourth-order valence-electron chi connectivity index (χ4n) is 4.71. The summed E-state index contributed by atoms with van der Waals surface area (Å²) in [7, 11) is 2.59. The van der Waals surface area contributed by atoms with Gasteiger partial charge >= 0.3 is 5.97 Å². The van der Waals surface area contributed by atoms with E-state index >= 15 is 0 Å². The van der Waals surface area contributed by atoms with E-state index in [9.17, 15) is 28.0 Å². The van der Waals surface area contributed by atoms with Crippen molar-refractivity contribution in [1.29, 1.82) is 0 Å². The van der Waals surface area contributed by atoms with Crippen LogP contribution in [0, 0.1) is 11.6 Å². The van der Waals surface area contributed by atoms with Gasteiger partial charge < -0.3 is 23.8 Å². The van der Waals surface area contributed by atoms with Crippen molar-refractivity contribution >= 4 is 17.8 Å². The van der Waals surface area contributed by atoms with Crippen LogP contribution in [0.3, 0.4) is 0 Å². The number of ether oxygens (including phenoxy) is 2. The normalized spacial score (nSPS) is 17.5. The molecule has 0 saturated carbocycles. The van der Waals surface area contributed by atoms with Crippen LogP contribution in [-0.2, 0) is 22.5 Å². The third-order valence-corrected chi connectivity index (χ3v) is 6.46. The van der Waals surface area contributed by atoms with Crippen molar-refractivity contribution in [1.82, 2.24) is 14.4 Å². The quantitative estimate of drug-likeness (QED) is 0.606. The van der Waals surface area contributed by atoms with Crippen LogP contribution in [0.4, 0.5) is 8.78 Å². The molecule has 35 heavy (non-hydrogen) atoms. The van der Waals surface area contributed by atoms with Gasteiger partial charge in [-0.3, -0.25) is 14.4 Å². The number of nitrogens with zero attached hydrogens (tertiary/aromatic N) is 3. The van der Waals surface area contributed by atoms with Gasteiger partial charge in [0.2, 0.25) is 0 Å². The third-order valence-electron chi connectivity index (χ3n) is 6.46. The van der Waals surface area contributed by atoms with Crippen molar-refractivity contribution < 1.29 is 32.6 Å². The lowest BCUT2D eigenvalue weighted by Gasteiger charge is -2.25. The zero-order valence-electron chi connectivity index (χ0n) is 19.4. The van der Waals surface area contributed by atoms with Gasteiger partial charge in [0.05, 0.1) is 19.8 Å². The molecule has 1 fully saturated rings. The van der Waals surface area contributed by atoms with Crippen LogP contribution < -0.4 is 10.3 Å². The van der Waals surface area contributed by atoms with Crippen molar-refractivity contribution in [3.63, 3.8) is 0 Å². The average Bonchev–Trinajstić information content (AvgIpc) is 3.24. The SMILES string of the molecule is COC(=O)[C@@H]1CCCN1C(=O)c1c(OC)cc(=O)n2c1CCN(C(=O)c1cc(F)ccc1F)CC2. The Bertz CT molecular complexity index is 1240. The zero-order chi connectivity index (χ0) is 25.3. The number of carbonyl (C=O) groups is 3. The maximum atomic E-state index is 14.2. The number of pyridine rings is 1. The molecule has 0 bridgehead atoms. The molecule has 1 atom stereocenters. The van der Waals surface area contributed by atoms with Gasteiger partial charge in [0.1, 0.15) is 29.0 Å². The highest BCUT2D eigenvalue weighted by atomic mass is 19.1. The third kappa shape index (κ3) is 4.50. The van der Waals surface area contributed by atoms with Crippen molar-refractivity contribution in [3.8, 4) is 5.75 Å². The van der Waals surface area contributed by atoms with Crippen molar-refractivity contribution in [2.45, 2.75) is 31.8 Å². The van der Waals surface area contributed by atoms with Gasteiger partial charge in [-0.2, -0.15) is 0 Å². The number of aromatic nitrogens is 1. The van der Waals surface area contributed by atoms with E-state index < -0.39 is 46.6 Å². The number of methoxy groups -OCH3 is 2. The summed E-state index contributed by atoms with van der Waals surface area (Å²) in [5, 5.41) is 0. The molecule has 3 heterocycles. The molecular weight excluding hydrogens is 464 g/mol. The van der Waals surface area contributed by atoms with Crippen LogP contribution >= 0.6 is 0 Å². The van der Waals surface area contributed by atoms with E-state index in [0.29, 0.717) is 25.1 Å². The summed E-state index contributed by atoms with van der Waals surface area (Å²) in [5.41, 5.74) is -0.347. The lowest BCUT2D eigenvalue weighted by atomic mass is 10.1. The summed E-state index contributed by atoms with van der Waals surface area (Å²) in [6.45, 7) is 0.490. The van der Waals surface area contributed by atoms with E-state index in [-0.39, 0.29) is 37.4 Å². The first-order valence-corrected chi connectivity index (χ1v) is 11.2.